The molecule has 3 rings (SSSR count). The summed E-state index contributed by atoms with van der Waals surface area (Å²) < 4.78 is 4.96. The van der Waals surface area contributed by atoms with Crippen LogP contribution >= 0.6 is 0 Å². The number of rotatable bonds is 3. The number of fused-ring (bicyclic) bond motifs is 1. The van der Waals surface area contributed by atoms with Crippen LogP contribution in [0.2, 0.25) is 0 Å². The molecule has 2 N–H and O–H groups in total. The first-order valence-electron chi connectivity index (χ1n) is 6.87. The Morgan fingerprint density at radius 2 is 1.95 bits per heavy atom. The average Bonchev–Trinajstić information content (AvgIpc) is 2.47. The highest BCUT2D eigenvalue weighted by atomic mass is 16.6. The second-order valence-electron chi connectivity index (χ2n) is 5.20. The Morgan fingerprint density at radius 3 is 2.64 bits per heavy atom. The van der Waals surface area contributed by atoms with E-state index in [1.165, 1.54) is 0 Å². The van der Waals surface area contributed by atoms with Gasteiger partial charge in [-0.2, -0.15) is 0 Å². The number of benzene rings is 1. The maximum absolute atomic E-state index is 12.2. The molecule has 0 saturated heterocycles. The van der Waals surface area contributed by atoms with Gasteiger partial charge in [-0.1, -0.05) is 48.6 Å². The standard InChI is InChI=1S/C17H14O5/c18-13(19)9-11-7-4-8-12-14(10-5-2-1-3-6-10)16(20)22-17(21)15(11)12/h1-8,12,14,21H,9H2,(H,18,19). The van der Waals surface area contributed by atoms with E-state index in [-0.39, 0.29) is 6.42 Å². The number of ether oxygens (including phenoxy) is 1. The van der Waals surface area contributed by atoms with E-state index in [1.54, 1.807) is 18.2 Å². The number of aliphatic carboxylic acids is 1. The third-order valence-electron chi connectivity index (χ3n) is 3.84. The minimum absolute atomic E-state index is 0.237. The van der Waals surface area contributed by atoms with Crippen molar-refractivity contribution >= 4 is 11.9 Å². The fraction of sp³-hybridized carbons (Fsp3) is 0.176. The summed E-state index contributed by atoms with van der Waals surface area (Å²) >= 11 is 0. The van der Waals surface area contributed by atoms with Gasteiger partial charge in [-0.15, -0.1) is 0 Å². The summed E-state index contributed by atoms with van der Waals surface area (Å²) in [5, 5.41) is 19.0. The number of cyclic esters (lactones) is 1. The second-order valence-corrected chi connectivity index (χ2v) is 5.20. The number of allylic oxidation sites excluding steroid dienone is 4. The van der Waals surface area contributed by atoms with Gasteiger partial charge in [-0.3, -0.25) is 9.59 Å². The molecule has 5 heteroatoms. The van der Waals surface area contributed by atoms with Crippen LogP contribution in [0.3, 0.4) is 0 Å². The number of hydrogen-bond acceptors (Lipinski definition) is 4. The summed E-state index contributed by atoms with van der Waals surface area (Å²) in [4.78, 5) is 23.2. The molecule has 1 aliphatic heterocycles. The summed E-state index contributed by atoms with van der Waals surface area (Å²) in [6, 6.07) is 9.12. The van der Waals surface area contributed by atoms with E-state index < -0.39 is 29.7 Å². The fourth-order valence-corrected chi connectivity index (χ4v) is 2.93. The van der Waals surface area contributed by atoms with Gasteiger partial charge >= 0.3 is 11.9 Å². The van der Waals surface area contributed by atoms with Crippen molar-refractivity contribution < 1.29 is 24.5 Å². The van der Waals surface area contributed by atoms with Crippen molar-refractivity contribution in [3.8, 4) is 0 Å². The number of carboxylic acid groups (broad SMARTS) is 1. The van der Waals surface area contributed by atoms with Gasteiger partial charge in [0.1, 0.15) is 0 Å². The number of carbonyl (C=O) groups is 2. The normalized spacial score (nSPS) is 23.6. The Labute approximate surface area is 126 Å². The zero-order chi connectivity index (χ0) is 15.7. The van der Waals surface area contributed by atoms with E-state index in [0.717, 1.165) is 5.56 Å². The number of esters is 1. The van der Waals surface area contributed by atoms with Gasteiger partial charge in [0.15, 0.2) is 0 Å². The SMILES string of the molecule is O=C(O)CC1=CC=CC2C1=C(O)OC(=O)C2c1ccccc1. The lowest BCUT2D eigenvalue weighted by molar-refractivity contribution is -0.148. The van der Waals surface area contributed by atoms with Crippen molar-refractivity contribution in [3.63, 3.8) is 0 Å². The van der Waals surface area contributed by atoms with Crippen LogP contribution in [0, 0.1) is 5.92 Å². The van der Waals surface area contributed by atoms with E-state index in [4.69, 9.17) is 9.84 Å². The molecule has 0 spiro atoms. The molecule has 1 aromatic carbocycles. The van der Waals surface area contributed by atoms with Gasteiger partial charge in [0, 0.05) is 11.5 Å². The first kappa shape index (κ1) is 14.1. The molecule has 0 fully saturated rings. The van der Waals surface area contributed by atoms with Crippen molar-refractivity contribution in [2.45, 2.75) is 12.3 Å². The molecule has 1 heterocycles. The molecule has 0 saturated carbocycles. The summed E-state index contributed by atoms with van der Waals surface area (Å²) in [5.74, 6) is -3.07. The molecule has 1 aliphatic carbocycles. The first-order valence-corrected chi connectivity index (χ1v) is 6.87. The Hall–Kier alpha value is -2.82. The highest BCUT2D eigenvalue weighted by molar-refractivity contribution is 5.83. The Kier molecular flexibility index (Phi) is 3.55. The van der Waals surface area contributed by atoms with E-state index >= 15 is 0 Å². The van der Waals surface area contributed by atoms with E-state index in [1.807, 2.05) is 30.3 Å². The number of hydrogen-bond donors (Lipinski definition) is 2. The summed E-state index contributed by atoms with van der Waals surface area (Å²) in [6.45, 7) is 0. The third-order valence-corrected chi connectivity index (χ3v) is 3.84. The molecule has 5 nitrogen and oxygen atoms in total. The Bertz CT molecular complexity index is 712. The lowest BCUT2D eigenvalue weighted by Crippen LogP contribution is -2.32. The van der Waals surface area contributed by atoms with Gasteiger partial charge in [-0.25, -0.2) is 0 Å². The molecule has 0 radical (unpaired) electrons. The fourth-order valence-electron chi connectivity index (χ4n) is 2.93. The van der Waals surface area contributed by atoms with Crippen molar-refractivity contribution in [1.82, 2.24) is 0 Å². The lowest BCUT2D eigenvalue weighted by atomic mass is 9.75. The molecule has 2 atom stereocenters. The zero-order valence-electron chi connectivity index (χ0n) is 11.6. The molecule has 0 amide bonds. The number of aliphatic hydroxyl groups is 1. The number of carboxylic acids is 1. The first-order chi connectivity index (χ1) is 10.6. The second kappa shape index (κ2) is 5.52. The van der Waals surface area contributed by atoms with Crippen LogP contribution in [-0.2, 0) is 14.3 Å². The van der Waals surface area contributed by atoms with Crippen LogP contribution < -0.4 is 0 Å². The largest absolute Gasteiger partial charge is 0.481 e. The summed E-state index contributed by atoms with van der Waals surface area (Å²) in [6.07, 6.45) is 4.89. The van der Waals surface area contributed by atoms with Crippen molar-refractivity contribution in [1.29, 1.82) is 0 Å². The minimum Gasteiger partial charge on any atom is -0.481 e. The van der Waals surface area contributed by atoms with E-state index in [2.05, 4.69) is 0 Å². The quantitative estimate of drug-likeness (QED) is 0.838. The third kappa shape index (κ3) is 2.41. The van der Waals surface area contributed by atoms with E-state index in [9.17, 15) is 14.7 Å². The molecule has 22 heavy (non-hydrogen) atoms. The molecule has 2 unspecified atom stereocenters. The molecule has 0 bridgehead atoms. The smallest absolute Gasteiger partial charge is 0.322 e. The van der Waals surface area contributed by atoms with Gasteiger partial charge in [0.25, 0.3) is 5.95 Å². The summed E-state index contributed by atoms with van der Waals surface area (Å²) in [7, 11) is 0. The van der Waals surface area contributed by atoms with Gasteiger partial charge in [0.2, 0.25) is 0 Å². The van der Waals surface area contributed by atoms with Gasteiger partial charge in [-0.05, 0) is 11.1 Å². The van der Waals surface area contributed by atoms with Crippen LogP contribution in [0.1, 0.15) is 17.9 Å². The highest BCUT2D eigenvalue weighted by Gasteiger charge is 2.41. The predicted molar refractivity (Wildman–Crippen MR) is 77.9 cm³/mol. The molecule has 2 aliphatic rings. The van der Waals surface area contributed by atoms with Crippen molar-refractivity contribution in [2.75, 3.05) is 0 Å². The number of carbonyl (C=O) groups excluding carboxylic acids is 1. The molecule has 112 valence electrons. The Morgan fingerprint density at radius 1 is 1.23 bits per heavy atom. The maximum atomic E-state index is 12.2. The topological polar surface area (TPSA) is 83.8 Å². The van der Waals surface area contributed by atoms with Crippen LogP contribution in [0.4, 0.5) is 0 Å². The molecular weight excluding hydrogens is 284 g/mol. The average molecular weight is 298 g/mol. The van der Waals surface area contributed by atoms with E-state index in [0.29, 0.717) is 11.1 Å². The minimum atomic E-state index is -1.01. The lowest BCUT2D eigenvalue weighted by Gasteiger charge is -2.32. The maximum Gasteiger partial charge on any atom is 0.322 e. The van der Waals surface area contributed by atoms with Gasteiger partial charge < -0.3 is 14.9 Å². The molecular formula is C17H14O5. The van der Waals surface area contributed by atoms with Crippen molar-refractivity contribution in [2.24, 2.45) is 5.92 Å². The summed E-state index contributed by atoms with van der Waals surface area (Å²) in [5.41, 5.74) is 1.59. The van der Waals surface area contributed by atoms with Gasteiger partial charge in [0.05, 0.1) is 12.3 Å². The predicted octanol–water partition coefficient (Wildman–Crippen LogP) is 2.68. The van der Waals surface area contributed by atoms with Crippen LogP contribution in [0.5, 0.6) is 0 Å². The monoisotopic (exact) mass is 298 g/mol. The Balaban J connectivity index is 2.05. The van der Waals surface area contributed by atoms with Crippen LogP contribution in [0.25, 0.3) is 0 Å². The van der Waals surface area contributed by atoms with Crippen LogP contribution in [-0.4, -0.2) is 22.2 Å². The number of aliphatic hydroxyl groups excluding tert-OH is 1. The molecule has 1 aromatic rings. The highest BCUT2D eigenvalue weighted by Crippen LogP contribution is 2.43. The molecule has 0 aromatic heterocycles. The van der Waals surface area contributed by atoms with Crippen molar-refractivity contribution in [3.05, 3.63) is 71.2 Å². The zero-order valence-corrected chi connectivity index (χ0v) is 11.6. The van der Waals surface area contributed by atoms with Crippen LogP contribution in [0.15, 0.2) is 65.7 Å².